The molecular formula is C19H22F3N3O. The number of benzene rings is 1. The summed E-state index contributed by atoms with van der Waals surface area (Å²) >= 11 is 0. The van der Waals surface area contributed by atoms with Gasteiger partial charge in [-0.3, -0.25) is 9.89 Å². The second-order valence-corrected chi connectivity index (χ2v) is 8.00. The third-order valence-electron chi connectivity index (χ3n) is 4.22. The van der Waals surface area contributed by atoms with Crippen LogP contribution >= 0.6 is 0 Å². The van der Waals surface area contributed by atoms with Crippen molar-refractivity contribution in [2.24, 2.45) is 5.41 Å². The normalized spacial score (nSPS) is 15.2. The van der Waals surface area contributed by atoms with Crippen LogP contribution in [0.1, 0.15) is 57.2 Å². The second-order valence-electron chi connectivity index (χ2n) is 8.00. The number of hydrogen-bond donors (Lipinski definition) is 2. The van der Waals surface area contributed by atoms with Crippen molar-refractivity contribution in [1.29, 1.82) is 0 Å². The standard InChI is InChI=1S/C19H22F3N3O/c1-18(2,3)10-14(26)23-17-15(11-4-5-11)24-25-16(17)12-6-8-13(9-7-12)19(20,21)22/h6-9,11H,4-5,10H2,1-3H3,(H,23,26)(H,24,25). The van der Waals surface area contributed by atoms with Gasteiger partial charge in [-0.25, -0.2) is 0 Å². The van der Waals surface area contributed by atoms with E-state index in [2.05, 4.69) is 15.5 Å². The fraction of sp³-hybridized carbons (Fsp3) is 0.474. The lowest BCUT2D eigenvalue weighted by Gasteiger charge is -2.17. The smallest absolute Gasteiger partial charge is 0.323 e. The van der Waals surface area contributed by atoms with E-state index in [0.29, 0.717) is 29.3 Å². The van der Waals surface area contributed by atoms with Crippen LogP contribution in [0.25, 0.3) is 11.3 Å². The van der Waals surface area contributed by atoms with E-state index in [1.165, 1.54) is 12.1 Å². The van der Waals surface area contributed by atoms with E-state index in [4.69, 9.17) is 0 Å². The number of nitrogens with one attached hydrogen (secondary N) is 2. The predicted octanol–water partition coefficient (Wildman–Crippen LogP) is 5.35. The SMILES string of the molecule is CC(C)(C)CC(=O)Nc1c(-c2ccc(C(F)(F)F)cc2)n[nH]c1C1CC1. The Balaban J connectivity index is 1.91. The molecule has 4 nitrogen and oxygen atoms in total. The van der Waals surface area contributed by atoms with Gasteiger partial charge in [0, 0.05) is 17.9 Å². The topological polar surface area (TPSA) is 57.8 Å². The van der Waals surface area contributed by atoms with Crippen LogP contribution in [-0.2, 0) is 11.0 Å². The Morgan fingerprint density at radius 2 is 1.81 bits per heavy atom. The van der Waals surface area contributed by atoms with Crippen LogP contribution < -0.4 is 5.32 Å². The number of rotatable bonds is 4. The minimum atomic E-state index is -4.38. The van der Waals surface area contributed by atoms with E-state index in [1.807, 2.05) is 20.8 Å². The lowest BCUT2D eigenvalue weighted by molar-refractivity contribution is -0.137. The Morgan fingerprint density at radius 1 is 1.19 bits per heavy atom. The Kier molecular flexibility index (Phi) is 4.58. The quantitative estimate of drug-likeness (QED) is 0.767. The second kappa shape index (κ2) is 6.45. The van der Waals surface area contributed by atoms with Crippen LogP contribution in [0.4, 0.5) is 18.9 Å². The number of alkyl halides is 3. The minimum absolute atomic E-state index is 0.131. The van der Waals surface area contributed by atoms with E-state index in [1.54, 1.807) is 0 Å². The van der Waals surface area contributed by atoms with Crippen molar-refractivity contribution < 1.29 is 18.0 Å². The number of aromatic nitrogens is 2. The molecule has 1 aromatic carbocycles. The molecule has 7 heteroatoms. The lowest BCUT2D eigenvalue weighted by atomic mass is 9.92. The van der Waals surface area contributed by atoms with Crippen LogP contribution in [0.2, 0.25) is 0 Å². The molecule has 1 aliphatic rings. The Morgan fingerprint density at radius 3 is 2.31 bits per heavy atom. The molecule has 26 heavy (non-hydrogen) atoms. The lowest BCUT2D eigenvalue weighted by Crippen LogP contribution is -2.20. The Hall–Kier alpha value is -2.31. The van der Waals surface area contributed by atoms with Gasteiger partial charge in [0.15, 0.2) is 0 Å². The molecule has 0 unspecified atom stereocenters. The van der Waals surface area contributed by atoms with E-state index >= 15 is 0 Å². The molecule has 2 aromatic rings. The zero-order chi connectivity index (χ0) is 19.1. The van der Waals surface area contributed by atoms with Gasteiger partial charge in [0.25, 0.3) is 0 Å². The zero-order valence-electron chi connectivity index (χ0n) is 15.0. The number of nitrogens with zero attached hydrogens (tertiary/aromatic N) is 1. The molecule has 0 aliphatic heterocycles. The molecule has 0 spiro atoms. The highest BCUT2D eigenvalue weighted by Gasteiger charge is 2.32. The molecule has 0 radical (unpaired) electrons. The molecule has 2 N–H and O–H groups in total. The molecule has 140 valence electrons. The third kappa shape index (κ3) is 4.26. The van der Waals surface area contributed by atoms with E-state index in [-0.39, 0.29) is 11.3 Å². The van der Waals surface area contributed by atoms with Crippen molar-refractivity contribution in [2.75, 3.05) is 5.32 Å². The monoisotopic (exact) mass is 365 g/mol. The van der Waals surface area contributed by atoms with Crippen LogP contribution in [0.3, 0.4) is 0 Å². The summed E-state index contributed by atoms with van der Waals surface area (Å²) in [5.74, 6) is 0.185. The summed E-state index contributed by atoms with van der Waals surface area (Å²) in [4.78, 5) is 12.4. The summed E-state index contributed by atoms with van der Waals surface area (Å²) in [5, 5.41) is 10.2. The molecule has 1 aliphatic carbocycles. The van der Waals surface area contributed by atoms with Crippen molar-refractivity contribution in [3.8, 4) is 11.3 Å². The van der Waals surface area contributed by atoms with Crippen molar-refractivity contribution in [1.82, 2.24) is 10.2 Å². The largest absolute Gasteiger partial charge is 0.416 e. The van der Waals surface area contributed by atoms with Crippen molar-refractivity contribution in [3.05, 3.63) is 35.5 Å². The number of aromatic amines is 1. The van der Waals surface area contributed by atoms with Crippen molar-refractivity contribution >= 4 is 11.6 Å². The summed E-state index contributed by atoms with van der Waals surface area (Å²) < 4.78 is 38.3. The van der Waals surface area contributed by atoms with E-state index in [9.17, 15) is 18.0 Å². The summed E-state index contributed by atoms with van der Waals surface area (Å²) in [6.45, 7) is 5.92. The first-order chi connectivity index (χ1) is 12.0. The molecule has 1 amide bonds. The highest BCUT2D eigenvalue weighted by atomic mass is 19.4. The van der Waals surface area contributed by atoms with Gasteiger partial charge in [-0.1, -0.05) is 32.9 Å². The molecular weight excluding hydrogens is 343 g/mol. The molecule has 3 rings (SSSR count). The molecule has 1 heterocycles. The predicted molar refractivity (Wildman–Crippen MR) is 93.7 cm³/mol. The highest BCUT2D eigenvalue weighted by Crippen LogP contribution is 2.45. The maximum Gasteiger partial charge on any atom is 0.416 e. The molecule has 1 saturated carbocycles. The van der Waals surface area contributed by atoms with Crippen molar-refractivity contribution in [3.63, 3.8) is 0 Å². The molecule has 1 fully saturated rings. The number of anilines is 1. The fourth-order valence-electron chi connectivity index (χ4n) is 2.84. The van der Waals surface area contributed by atoms with Gasteiger partial charge in [-0.2, -0.15) is 18.3 Å². The maximum absolute atomic E-state index is 12.8. The minimum Gasteiger partial charge on any atom is -0.323 e. The van der Waals surface area contributed by atoms with Crippen LogP contribution in [-0.4, -0.2) is 16.1 Å². The number of amides is 1. The number of carbonyl (C=O) groups excluding carboxylic acids is 1. The molecule has 0 saturated heterocycles. The number of carbonyl (C=O) groups is 1. The summed E-state index contributed by atoms with van der Waals surface area (Å²) in [6, 6.07) is 4.83. The van der Waals surface area contributed by atoms with Gasteiger partial charge in [0.05, 0.1) is 16.9 Å². The van der Waals surface area contributed by atoms with E-state index < -0.39 is 11.7 Å². The molecule has 1 aromatic heterocycles. The third-order valence-corrected chi connectivity index (χ3v) is 4.22. The highest BCUT2D eigenvalue weighted by molar-refractivity contribution is 5.96. The van der Waals surface area contributed by atoms with Gasteiger partial charge in [-0.05, 0) is 30.4 Å². The Labute approximate surface area is 150 Å². The van der Waals surface area contributed by atoms with Gasteiger partial charge in [0.1, 0.15) is 5.69 Å². The first kappa shape index (κ1) is 18.5. The number of hydrogen-bond acceptors (Lipinski definition) is 2. The fourth-order valence-corrected chi connectivity index (χ4v) is 2.84. The van der Waals surface area contributed by atoms with Gasteiger partial charge in [0.2, 0.25) is 5.91 Å². The van der Waals surface area contributed by atoms with Crippen LogP contribution in [0.15, 0.2) is 24.3 Å². The zero-order valence-corrected chi connectivity index (χ0v) is 15.0. The molecule has 0 bridgehead atoms. The first-order valence-corrected chi connectivity index (χ1v) is 8.60. The average molecular weight is 365 g/mol. The first-order valence-electron chi connectivity index (χ1n) is 8.60. The van der Waals surface area contributed by atoms with Crippen molar-refractivity contribution in [2.45, 2.75) is 52.1 Å². The number of halogens is 3. The Bertz CT molecular complexity index is 797. The van der Waals surface area contributed by atoms with Gasteiger partial charge >= 0.3 is 6.18 Å². The van der Waals surface area contributed by atoms with Crippen LogP contribution in [0, 0.1) is 5.41 Å². The summed E-state index contributed by atoms with van der Waals surface area (Å²) in [5.41, 5.74) is 1.57. The number of H-pyrrole nitrogens is 1. The van der Waals surface area contributed by atoms with Crippen LogP contribution in [0.5, 0.6) is 0 Å². The summed E-state index contributed by atoms with van der Waals surface area (Å²) in [7, 11) is 0. The maximum atomic E-state index is 12.8. The van der Waals surface area contributed by atoms with Gasteiger partial charge in [-0.15, -0.1) is 0 Å². The van der Waals surface area contributed by atoms with E-state index in [0.717, 1.165) is 30.7 Å². The summed E-state index contributed by atoms with van der Waals surface area (Å²) in [6.07, 6.45) is -2.02. The average Bonchev–Trinajstić information content (AvgIpc) is 3.26. The van der Waals surface area contributed by atoms with Gasteiger partial charge < -0.3 is 5.32 Å². The molecule has 0 atom stereocenters.